The molecule has 1 aromatic heterocycles. The molecule has 1 aliphatic rings. The lowest BCUT2D eigenvalue weighted by atomic mass is 9.86. The van der Waals surface area contributed by atoms with Crippen molar-refractivity contribution in [1.82, 2.24) is 4.72 Å². The summed E-state index contributed by atoms with van der Waals surface area (Å²) in [4.78, 5) is 13.3. The number of rotatable bonds is 10. The SMILES string of the molecule is COCCC[C@@]1(c2ccccc2)CC1(NS(=O)(=O)c1ccc(-c2ccc(Cl)cc2)s1)C(=O)O. The van der Waals surface area contributed by atoms with E-state index in [0.717, 1.165) is 27.3 Å². The van der Waals surface area contributed by atoms with E-state index < -0.39 is 26.9 Å². The average Bonchev–Trinajstić information content (AvgIpc) is 3.17. The normalized spacial score (nSPS) is 22.2. The summed E-state index contributed by atoms with van der Waals surface area (Å²) in [6, 6.07) is 19.6. The first-order chi connectivity index (χ1) is 15.7. The van der Waals surface area contributed by atoms with Gasteiger partial charge >= 0.3 is 5.97 Å². The molecule has 1 aliphatic carbocycles. The maximum absolute atomic E-state index is 13.3. The van der Waals surface area contributed by atoms with E-state index in [-0.39, 0.29) is 10.6 Å². The van der Waals surface area contributed by atoms with Gasteiger partial charge in [0.15, 0.2) is 0 Å². The van der Waals surface area contributed by atoms with Gasteiger partial charge in [0.2, 0.25) is 0 Å². The highest BCUT2D eigenvalue weighted by Crippen LogP contribution is 2.61. The molecule has 0 bridgehead atoms. The summed E-state index contributed by atoms with van der Waals surface area (Å²) in [7, 11) is -2.49. The smallest absolute Gasteiger partial charge is 0.325 e. The molecular weight excluding hydrogens is 482 g/mol. The number of methoxy groups -OCH3 is 1. The minimum Gasteiger partial charge on any atom is -0.480 e. The molecule has 0 aliphatic heterocycles. The topological polar surface area (TPSA) is 92.7 Å². The summed E-state index contributed by atoms with van der Waals surface area (Å²) in [6.07, 6.45) is 1.28. The van der Waals surface area contributed by atoms with Gasteiger partial charge in [-0.25, -0.2) is 8.42 Å². The number of ether oxygens (including phenoxy) is 1. The molecule has 1 saturated carbocycles. The molecular formula is C24H24ClNO5S2. The number of hydrogen-bond acceptors (Lipinski definition) is 5. The summed E-state index contributed by atoms with van der Waals surface area (Å²) in [5, 5.41) is 10.8. The van der Waals surface area contributed by atoms with Crippen molar-refractivity contribution in [2.24, 2.45) is 0 Å². The lowest BCUT2D eigenvalue weighted by Crippen LogP contribution is -2.48. The Balaban J connectivity index is 1.66. The maximum Gasteiger partial charge on any atom is 0.325 e. The van der Waals surface area contributed by atoms with E-state index in [1.54, 1.807) is 25.3 Å². The van der Waals surface area contributed by atoms with Gasteiger partial charge in [-0.3, -0.25) is 4.79 Å². The van der Waals surface area contributed by atoms with Crippen LogP contribution in [0.1, 0.15) is 24.8 Å². The Morgan fingerprint density at radius 2 is 1.82 bits per heavy atom. The Morgan fingerprint density at radius 1 is 1.12 bits per heavy atom. The van der Waals surface area contributed by atoms with Gasteiger partial charge in [-0.15, -0.1) is 11.3 Å². The molecule has 1 fully saturated rings. The number of hydrogen-bond donors (Lipinski definition) is 2. The van der Waals surface area contributed by atoms with Crippen LogP contribution < -0.4 is 4.72 Å². The molecule has 2 aromatic carbocycles. The quantitative estimate of drug-likeness (QED) is 0.381. The van der Waals surface area contributed by atoms with Gasteiger partial charge in [-0.1, -0.05) is 54.1 Å². The van der Waals surface area contributed by atoms with E-state index in [1.807, 2.05) is 42.5 Å². The van der Waals surface area contributed by atoms with Crippen LogP contribution in [0, 0.1) is 0 Å². The first-order valence-electron chi connectivity index (χ1n) is 10.4. The van der Waals surface area contributed by atoms with Crippen LogP contribution in [0.5, 0.6) is 0 Å². The largest absolute Gasteiger partial charge is 0.480 e. The monoisotopic (exact) mass is 505 g/mol. The molecule has 1 unspecified atom stereocenters. The Morgan fingerprint density at radius 3 is 2.45 bits per heavy atom. The second kappa shape index (κ2) is 9.19. The number of benzene rings is 2. The molecule has 33 heavy (non-hydrogen) atoms. The van der Waals surface area contributed by atoms with Crippen molar-refractivity contribution in [2.45, 2.75) is 34.4 Å². The first-order valence-corrected chi connectivity index (χ1v) is 13.1. The molecule has 0 spiro atoms. The van der Waals surface area contributed by atoms with Crippen LogP contribution in [0.15, 0.2) is 70.9 Å². The zero-order chi connectivity index (χ0) is 23.7. The van der Waals surface area contributed by atoms with Crippen LogP contribution in [0.2, 0.25) is 5.02 Å². The van der Waals surface area contributed by atoms with Gasteiger partial charge in [0.05, 0.1) is 0 Å². The van der Waals surface area contributed by atoms with E-state index in [4.69, 9.17) is 16.3 Å². The van der Waals surface area contributed by atoms with Crippen molar-refractivity contribution in [1.29, 1.82) is 0 Å². The van der Waals surface area contributed by atoms with Gasteiger partial charge in [-0.05, 0) is 54.7 Å². The number of carboxylic acids is 1. The zero-order valence-electron chi connectivity index (χ0n) is 18.0. The second-order valence-corrected chi connectivity index (χ2v) is 11.6. The number of nitrogens with one attached hydrogen (secondary N) is 1. The fraction of sp³-hybridized carbons (Fsp3) is 0.292. The van der Waals surface area contributed by atoms with Crippen molar-refractivity contribution in [3.05, 3.63) is 77.3 Å². The van der Waals surface area contributed by atoms with Crippen molar-refractivity contribution in [3.8, 4) is 10.4 Å². The van der Waals surface area contributed by atoms with Gasteiger partial charge in [0.1, 0.15) is 9.75 Å². The minimum atomic E-state index is -4.08. The highest BCUT2D eigenvalue weighted by molar-refractivity contribution is 7.91. The molecule has 0 saturated heterocycles. The highest BCUT2D eigenvalue weighted by atomic mass is 35.5. The molecule has 0 radical (unpaired) electrons. The Labute approximate surface area is 202 Å². The summed E-state index contributed by atoms with van der Waals surface area (Å²) in [5.41, 5.74) is -0.824. The lowest BCUT2D eigenvalue weighted by Gasteiger charge is -2.24. The predicted octanol–water partition coefficient (Wildman–Crippen LogP) is 4.94. The van der Waals surface area contributed by atoms with Gasteiger partial charge in [-0.2, -0.15) is 4.72 Å². The maximum atomic E-state index is 13.3. The molecule has 0 amide bonds. The number of aliphatic carboxylic acids is 1. The van der Waals surface area contributed by atoms with E-state index >= 15 is 0 Å². The van der Waals surface area contributed by atoms with Crippen molar-refractivity contribution < 1.29 is 23.1 Å². The van der Waals surface area contributed by atoms with Crippen LogP contribution >= 0.6 is 22.9 Å². The Bertz CT molecular complexity index is 1240. The van der Waals surface area contributed by atoms with Crippen LogP contribution in [-0.4, -0.2) is 38.7 Å². The summed E-state index contributed by atoms with van der Waals surface area (Å²) < 4.78 is 34.5. The summed E-state index contributed by atoms with van der Waals surface area (Å²) in [5.74, 6) is -1.18. The lowest BCUT2D eigenvalue weighted by molar-refractivity contribution is -0.140. The number of halogens is 1. The third kappa shape index (κ3) is 4.46. The fourth-order valence-corrected chi connectivity index (χ4v) is 7.31. The molecule has 2 N–H and O–H groups in total. The minimum absolute atomic E-state index is 0.0684. The molecule has 4 rings (SSSR count). The number of thiophene rings is 1. The third-order valence-corrected chi connectivity index (χ3v) is 9.56. The zero-order valence-corrected chi connectivity index (χ0v) is 20.3. The Kier molecular flexibility index (Phi) is 6.66. The summed E-state index contributed by atoms with van der Waals surface area (Å²) in [6.45, 7) is 0.465. The van der Waals surface area contributed by atoms with Crippen LogP contribution in [0.4, 0.5) is 0 Å². The van der Waals surface area contributed by atoms with E-state index in [0.29, 0.717) is 24.5 Å². The Hall–Kier alpha value is -2.23. The highest BCUT2D eigenvalue weighted by Gasteiger charge is 2.74. The van der Waals surface area contributed by atoms with Gasteiger partial charge < -0.3 is 9.84 Å². The number of carboxylic acid groups (broad SMARTS) is 1. The van der Waals surface area contributed by atoms with Crippen LogP contribution in [0.3, 0.4) is 0 Å². The molecule has 6 nitrogen and oxygen atoms in total. The standard InChI is InChI=1S/C24H24ClNO5S2/c1-31-15-5-14-23(18-6-3-2-4-7-18)16-24(23,22(27)28)26-33(29,30)21-13-12-20(32-21)17-8-10-19(25)11-9-17/h2-4,6-13,26H,5,14-16H2,1H3,(H,27,28)/t23-,24?/m0/s1. The number of carbonyl (C=O) groups is 1. The van der Waals surface area contributed by atoms with E-state index in [9.17, 15) is 18.3 Å². The summed E-state index contributed by atoms with van der Waals surface area (Å²) >= 11 is 7.03. The third-order valence-electron chi connectivity index (χ3n) is 6.19. The van der Waals surface area contributed by atoms with E-state index in [2.05, 4.69) is 4.72 Å². The molecule has 174 valence electrons. The van der Waals surface area contributed by atoms with Crippen molar-refractivity contribution >= 4 is 38.9 Å². The average molecular weight is 506 g/mol. The van der Waals surface area contributed by atoms with Gasteiger partial charge in [0.25, 0.3) is 10.0 Å². The number of sulfonamides is 1. The van der Waals surface area contributed by atoms with E-state index in [1.165, 1.54) is 6.07 Å². The molecule has 3 aromatic rings. The van der Waals surface area contributed by atoms with Crippen molar-refractivity contribution in [2.75, 3.05) is 13.7 Å². The van der Waals surface area contributed by atoms with Gasteiger partial charge in [0, 0.05) is 29.0 Å². The fourth-order valence-electron chi connectivity index (χ4n) is 4.45. The predicted molar refractivity (Wildman–Crippen MR) is 129 cm³/mol. The van der Waals surface area contributed by atoms with Crippen LogP contribution in [-0.2, 0) is 25.0 Å². The van der Waals surface area contributed by atoms with Crippen molar-refractivity contribution in [3.63, 3.8) is 0 Å². The van der Waals surface area contributed by atoms with Crippen LogP contribution in [0.25, 0.3) is 10.4 Å². The molecule has 9 heteroatoms. The second-order valence-electron chi connectivity index (χ2n) is 8.16. The molecule has 2 atom stereocenters. The molecule has 1 heterocycles. The first kappa shape index (κ1) is 23.9.